The Kier molecular flexibility index (Phi) is 17.3. The van der Waals surface area contributed by atoms with Crippen molar-refractivity contribution in [1.29, 1.82) is 0 Å². The first kappa shape index (κ1) is 33.7. The smallest absolute Gasteiger partial charge is 0.782 e. The van der Waals surface area contributed by atoms with Gasteiger partial charge >= 0.3 is 28.4 Å². The van der Waals surface area contributed by atoms with E-state index in [2.05, 4.69) is 9.47 Å². The van der Waals surface area contributed by atoms with Crippen LogP contribution in [0, 0.1) is 0 Å². The molecule has 0 aliphatic carbocycles. The van der Waals surface area contributed by atoms with E-state index in [9.17, 15) is 9.59 Å². The van der Waals surface area contributed by atoms with Crippen molar-refractivity contribution >= 4 is 71.4 Å². The van der Waals surface area contributed by atoms with E-state index in [1.54, 1.807) is 62.8 Å². The maximum Gasteiger partial charge on any atom is 2.00 e. The summed E-state index contributed by atoms with van der Waals surface area (Å²) in [6.45, 7) is 0.819. The first-order valence-corrected chi connectivity index (χ1v) is 11.7. The predicted octanol–water partition coefficient (Wildman–Crippen LogP) is 3.50. The molecular formula is C24H26NiO6S4. The van der Waals surface area contributed by atoms with E-state index in [1.807, 2.05) is 0 Å². The van der Waals surface area contributed by atoms with Gasteiger partial charge in [-0.25, -0.2) is 9.59 Å². The standard InChI is InChI=1S/2C12H14O3S2.Ni/c2*1-14-7-10(16)11(17)8-3-5-9(6-4-8)12(13)15-2;/h2*3-6,10,16H,7H2,1-2H3;/q;;+2/p-2. The van der Waals surface area contributed by atoms with Crippen molar-refractivity contribution in [3.63, 3.8) is 0 Å². The van der Waals surface area contributed by atoms with Crippen molar-refractivity contribution in [3.05, 3.63) is 70.8 Å². The topological polar surface area (TPSA) is 71.1 Å². The fourth-order valence-electron chi connectivity index (χ4n) is 2.60. The van der Waals surface area contributed by atoms with E-state index in [1.165, 1.54) is 14.2 Å². The average molecular weight is 597 g/mol. The number of rotatable bonds is 10. The molecule has 6 nitrogen and oxygen atoms in total. The Labute approximate surface area is 238 Å². The molecule has 0 saturated carbocycles. The van der Waals surface area contributed by atoms with Crippen LogP contribution in [-0.2, 0) is 60.7 Å². The molecule has 0 spiro atoms. The van der Waals surface area contributed by atoms with Crippen LogP contribution in [0.3, 0.4) is 0 Å². The molecule has 0 aromatic heterocycles. The Morgan fingerprint density at radius 2 is 0.914 bits per heavy atom. The average Bonchev–Trinajstić information content (AvgIpc) is 2.87. The molecule has 0 bridgehead atoms. The van der Waals surface area contributed by atoms with Gasteiger partial charge in [-0.15, -0.1) is 10.5 Å². The molecular weight excluding hydrogens is 571 g/mol. The third-order valence-corrected chi connectivity index (χ3v) is 6.48. The second-order valence-electron chi connectivity index (χ2n) is 6.75. The van der Waals surface area contributed by atoms with Gasteiger partial charge in [-0.05, 0) is 35.4 Å². The Balaban J connectivity index is 0.000000642. The van der Waals surface area contributed by atoms with Crippen LogP contribution in [0.15, 0.2) is 48.5 Å². The van der Waals surface area contributed by atoms with Crippen LogP contribution in [0.5, 0.6) is 0 Å². The summed E-state index contributed by atoms with van der Waals surface area (Å²) < 4.78 is 19.1. The molecule has 0 radical (unpaired) electrons. The Hall–Kier alpha value is -1.33. The molecule has 0 heterocycles. The van der Waals surface area contributed by atoms with Crippen molar-refractivity contribution in [1.82, 2.24) is 0 Å². The second-order valence-corrected chi connectivity index (χ2v) is 8.77. The zero-order chi connectivity index (χ0) is 25.7. The molecule has 2 aromatic carbocycles. The van der Waals surface area contributed by atoms with Crippen molar-refractivity contribution in [2.75, 3.05) is 41.7 Å². The zero-order valence-electron chi connectivity index (χ0n) is 19.6. The maximum atomic E-state index is 11.2. The summed E-state index contributed by atoms with van der Waals surface area (Å²) >= 11 is 20.9. The second kappa shape index (κ2) is 18.0. The van der Waals surface area contributed by atoms with Crippen LogP contribution < -0.4 is 0 Å². The van der Waals surface area contributed by atoms with Gasteiger partial charge in [0.1, 0.15) is 0 Å². The Morgan fingerprint density at radius 1 is 0.657 bits per heavy atom. The number of thiocarbonyl (C=S) groups is 2. The fraction of sp³-hybridized carbons (Fsp3) is 0.333. The summed E-state index contributed by atoms with van der Waals surface area (Å²) in [6, 6.07) is 13.7. The third kappa shape index (κ3) is 11.1. The number of carbonyl (C=O) groups excluding carboxylic acids is 2. The summed E-state index contributed by atoms with van der Waals surface area (Å²) in [5.74, 6) is -0.733. The molecule has 0 fully saturated rings. The van der Waals surface area contributed by atoms with E-state index in [0.29, 0.717) is 34.1 Å². The van der Waals surface area contributed by atoms with E-state index in [0.717, 1.165) is 11.1 Å². The number of carbonyl (C=O) groups is 2. The minimum absolute atomic E-state index is 0. The van der Waals surface area contributed by atoms with Gasteiger partial charge in [0, 0.05) is 37.2 Å². The predicted molar refractivity (Wildman–Crippen MR) is 145 cm³/mol. The first-order valence-electron chi connectivity index (χ1n) is 9.94. The number of esters is 2. The van der Waals surface area contributed by atoms with Gasteiger partial charge in [0.05, 0.1) is 25.3 Å². The number of benzene rings is 2. The van der Waals surface area contributed by atoms with Gasteiger partial charge in [-0.3, -0.25) is 0 Å². The first-order chi connectivity index (χ1) is 16.2. The largest absolute Gasteiger partial charge is 2.00 e. The number of hydrogen-bond acceptors (Lipinski definition) is 10. The molecule has 0 N–H and O–H groups in total. The van der Waals surface area contributed by atoms with Gasteiger partial charge < -0.3 is 44.2 Å². The molecule has 2 aromatic rings. The van der Waals surface area contributed by atoms with Gasteiger partial charge in [0.25, 0.3) is 0 Å². The van der Waals surface area contributed by atoms with Crippen LogP contribution >= 0.6 is 24.4 Å². The SMILES string of the molecule is COCC([S-])C(=S)c1ccc(C(=O)OC)cc1.COCC([S-])C(=S)c1ccc(C(=O)OC)cc1.[Ni+2]. The quantitative estimate of drug-likeness (QED) is 0.134. The van der Waals surface area contributed by atoms with Crippen LogP contribution in [0.1, 0.15) is 31.8 Å². The molecule has 0 saturated heterocycles. The summed E-state index contributed by atoms with van der Waals surface area (Å²) in [4.78, 5) is 23.8. The summed E-state index contributed by atoms with van der Waals surface area (Å²) in [7, 11) is 5.86. The van der Waals surface area contributed by atoms with Crippen LogP contribution in [0.2, 0.25) is 0 Å². The van der Waals surface area contributed by atoms with Crippen LogP contribution in [0.4, 0.5) is 0 Å². The zero-order valence-corrected chi connectivity index (χ0v) is 23.8. The molecule has 35 heavy (non-hydrogen) atoms. The van der Waals surface area contributed by atoms with E-state index in [-0.39, 0.29) is 38.9 Å². The minimum Gasteiger partial charge on any atom is -0.782 e. The minimum atomic E-state index is -0.366. The van der Waals surface area contributed by atoms with Crippen molar-refractivity contribution in [2.24, 2.45) is 0 Å². The van der Waals surface area contributed by atoms with Crippen molar-refractivity contribution < 1.29 is 45.0 Å². The molecule has 192 valence electrons. The number of methoxy groups -OCH3 is 4. The van der Waals surface area contributed by atoms with Gasteiger partial charge in [-0.1, -0.05) is 48.7 Å². The number of ether oxygens (including phenoxy) is 4. The molecule has 2 rings (SSSR count). The summed E-state index contributed by atoms with van der Waals surface area (Å²) in [6.07, 6.45) is 0. The molecule has 0 amide bonds. The van der Waals surface area contributed by atoms with Crippen LogP contribution in [0.25, 0.3) is 0 Å². The molecule has 0 aliphatic rings. The molecule has 0 aliphatic heterocycles. The Morgan fingerprint density at radius 3 is 1.14 bits per heavy atom. The van der Waals surface area contributed by atoms with Crippen molar-refractivity contribution in [2.45, 2.75) is 10.5 Å². The monoisotopic (exact) mass is 596 g/mol. The van der Waals surface area contributed by atoms with Gasteiger partial charge in [-0.2, -0.15) is 0 Å². The summed E-state index contributed by atoms with van der Waals surface area (Å²) in [5.41, 5.74) is 2.66. The maximum absolute atomic E-state index is 11.2. The fourth-order valence-corrected chi connectivity index (χ4v) is 3.56. The van der Waals surface area contributed by atoms with Gasteiger partial charge in [0.2, 0.25) is 0 Å². The van der Waals surface area contributed by atoms with Crippen LogP contribution in [-0.4, -0.2) is 73.8 Å². The number of hydrogen-bond donors (Lipinski definition) is 0. The normalized spacial score (nSPS) is 11.6. The Bertz CT molecular complexity index is 887. The van der Waals surface area contributed by atoms with Crippen molar-refractivity contribution in [3.8, 4) is 0 Å². The van der Waals surface area contributed by atoms with Gasteiger partial charge in [0.15, 0.2) is 0 Å². The van der Waals surface area contributed by atoms with E-state index >= 15 is 0 Å². The van der Waals surface area contributed by atoms with E-state index < -0.39 is 0 Å². The molecule has 11 heteroatoms. The third-order valence-electron chi connectivity index (χ3n) is 4.40. The van der Waals surface area contributed by atoms with E-state index in [4.69, 9.17) is 59.2 Å². The summed E-state index contributed by atoms with van der Waals surface area (Å²) in [5, 5.41) is -0.474. The molecule has 2 atom stereocenters. The molecule has 2 unspecified atom stereocenters.